The van der Waals surface area contributed by atoms with Crippen LogP contribution in [0.3, 0.4) is 0 Å². The number of hydrogen-bond donors (Lipinski definition) is 2. The fourth-order valence-corrected chi connectivity index (χ4v) is 1.55. The molecule has 0 aliphatic carbocycles. The van der Waals surface area contributed by atoms with Gasteiger partial charge in [-0.1, -0.05) is 0 Å². The molecule has 1 aromatic heterocycles. The van der Waals surface area contributed by atoms with Gasteiger partial charge in [0.1, 0.15) is 11.6 Å². The highest BCUT2D eigenvalue weighted by atomic mass is 19.4. The van der Waals surface area contributed by atoms with Crippen LogP contribution in [0.2, 0.25) is 0 Å². The Morgan fingerprint density at radius 2 is 2.17 bits per heavy atom. The number of H-pyrrole nitrogens is 1. The van der Waals surface area contributed by atoms with Crippen molar-refractivity contribution in [2.75, 3.05) is 12.4 Å². The van der Waals surface area contributed by atoms with Gasteiger partial charge in [0.05, 0.1) is 7.11 Å². The molecule has 0 aliphatic heterocycles. The van der Waals surface area contributed by atoms with Crippen molar-refractivity contribution in [2.45, 2.75) is 6.36 Å². The number of tetrazole rings is 1. The van der Waals surface area contributed by atoms with Gasteiger partial charge in [-0.25, -0.2) is 0 Å². The number of aromatic nitrogens is 4. The normalized spacial score (nSPS) is 11.7. The summed E-state index contributed by atoms with van der Waals surface area (Å²) >= 11 is 0. The van der Waals surface area contributed by atoms with Crippen molar-refractivity contribution < 1.29 is 22.6 Å². The topological polar surface area (TPSA) is 109 Å². The quantitative estimate of drug-likeness (QED) is 0.810. The molecule has 0 saturated heterocycles. The van der Waals surface area contributed by atoms with Crippen LogP contribution >= 0.6 is 0 Å². The first-order valence-corrected chi connectivity index (χ1v) is 5.97. The van der Waals surface area contributed by atoms with E-state index in [1.807, 2.05) is 6.07 Å². The van der Waals surface area contributed by atoms with Gasteiger partial charge in [-0.05, 0) is 17.3 Å². The molecule has 1 aromatic carbocycles. The molecule has 0 aliphatic rings. The van der Waals surface area contributed by atoms with Crippen LogP contribution in [0.1, 0.15) is 5.82 Å². The number of rotatable bonds is 5. The second-order valence-electron chi connectivity index (χ2n) is 3.96. The number of anilines is 1. The fraction of sp³-hybridized carbons (Fsp3) is 0.167. The van der Waals surface area contributed by atoms with Gasteiger partial charge >= 0.3 is 6.36 Å². The van der Waals surface area contributed by atoms with E-state index in [0.29, 0.717) is 0 Å². The molecule has 0 unspecified atom stereocenters. The Bertz CT molecular complexity index is 736. The third kappa shape index (κ3) is 4.34. The minimum Gasteiger partial charge on any atom is -0.493 e. The largest absolute Gasteiger partial charge is 0.573 e. The summed E-state index contributed by atoms with van der Waals surface area (Å²) in [6.07, 6.45) is -3.63. The Balaban J connectivity index is 2.24. The number of ether oxygens (including phenoxy) is 2. The number of nitrogens with one attached hydrogen (secondary N) is 2. The van der Waals surface area contributed by atoms with Crippen molar-refractivity contribution >= 4 is 11.3 Å². The molecule has 8 nitrogen and oxygen atoms in total. The summed E-state index contributed by atoms with van der Waals surface area (Å²) in [5.41, 5.74) is 0.272. The molecule has 11 heteroatoms. The molecule has 0 spiro atoms. The molecule has 2 aromatic rings. The number of alkyl halides is 3. The second kappa shape index (κ2) is 6.65. The van der Waals surface area contributed by atoms with Gasteiger partial charge in [0.25, 0.3) is 0 Å². The average Bonchev–Trinajstić information content (AvgIpc) is 3.01. The number of halogens is 3. The number of aromatic amines is 1. The maximum atomic E-state index is 12.4. The van der Waals surface area contributed by atoms with Crippen LogP contribution in [0, 0.1) is 11.3 Å². The zero-order valence-electron chi connectivity index (χ0n) is 11.5. The maximum Gasteiger partial charge on any atom is 0.573 e. The van der Waals surface area contributed by atoms with Crippen molar-refractivity contribution in [1.29, 1.82) is 5.26 Å². The summed E-state index contributed by atoms with van der Waals surface area (Å²) in [6.45, 7) is 0. The van der Waals surface area contributed by atoms with E-state index in [1.165, 1.54) is 25.4 Å². The van der Waals surface area contributed by atoms with Crippen LogP contribution in [0.15, 0.2) is 24.4 Å². The van der Waals surface area contributed by atoms with Crippen LogP contribution in [-0.4, -0.2) is 34.1 Å². The van der Waals surface area contributed by atoms with E-state index in [0.717, 1.165) is 6.07 Å². The van der Waals surface area contributed by atoms with Crippen molar-refractivity contribution in [3.63, 3.8) is 0 Å². The van der Waals surface area contributed by atoms with Gasteiger partial charge in [0, 0.05) is 18.0 Å². The summed E-state index contributed by atoms with van der Waals surface area (Å²) in [5.74, 6) is -0.563. The standard InChI is InChI=1S/C12H9F3N6O2/c1-22-9-3-2-8(4-10(9)23-12(13,14)15)17-6-7(5-16)11-18-20-21-19-11/h2-4,6,17H,1H3,(H,18,19,20,21). The molecule has 2 N–H and O–H groups in total. The molecule has 1 heterocycles. The number of benzene rings is 1. The van der Waals surface area contributed by atoms with Gasteiger partial charge < -0.3 is 14.8 Å². The molecule has 0 radical (unpaired) electrons. The molecule has 0 amide bonds. The molecular formula is C12H9F3N6O2. The first kappa shape index (κ1) is 16.1. The summed E-state index contributed by atoms with van der Waals surface area (Å²) < 4.78 is 45.8. The van der Waals surface area contributed by atoms with E-state index < -0.39 is 12.1 Å². The summed E-state index contributed by atoms with van der Waals surface area (Å²) in [6, 6.07) is 5.64. The van der Waals surface area contributed by atoms with Crippen LogP contribution < -0.4 is 14.8 Å². The van der Waals surface area contributed by atoms with Crippen LogP contribution in [0.5, 0.6) is 11.5 Å². The molecule has 0 bridgehead atoms. The lowest BCUT2D eigenvalue weighted by Crippen LogP contribution is -2.17. The molecule has 23 heavy (non-hydrogen) atoms. The Kier molecular flexibility index (Phi) is 4.65. The Hall–Kier alpha value is -3.29. The highest BCUT2D eigenvalue weighted by Gasteiger charge is 2.32. The summed E-state index contributed by atoms with van der Waals surface area (Å²) in [7, 11) is 1.22. The number of nitriles is 1. The highest BCUT2D eigenvalue weighted by molar-refractivity contribution is 5.74. The zero-order valence-corrected chi connectivity index (χ0v) is 11.5. The monoisotopic (exact) mass is 326 g/mol. The smallest absolute Gasteiger partial charge is 0.493 e. The van der Waals surface area contributed by atoms with Gasteiger partial charge in [0.2, 0.25) is 5.82 Å². The van der Waals surface area contributed by atoms with Crippen molar-refractivity contribution in [2.24, 2.45) is 0 Å². The fourth-order valence-electron chi connectivity index (χ4n) is 1.55. The highest BCUT2D eigenvalue weighted by Crippen LogP contribution is 2.34. The molecule has 0 saturated carbocycles. The Labute approximate surface area is 127 Å². The minimum absolute atomic E-state index is 0.0351. The lowest BCUT2D eigenvalue weighted by molar-refractivity contribution is -0.275. The maximum absolute atomic E-state index is 12.4. The zero-order chi connectivity index (χ0) is 16.9. The van der Waals surface area contributed by atoms with Gasteiger partial charge in [-0.3, -0.25) is 0 Å². The van der Waals surface area contributed by atoms with Gasteiger partial charge in [-0.2, -0.15) is 10.5 Å². The molecule has 0 fully saturated rings. The SMILES string of the molecule is COc1ccc(NC=C(C#N)c2nn[nH]n2)cc1OC(F)(F)F. The third-order valence-electron chi connectivity index (χ3n) is 2.48. The molecular weight excluding hydrogens is 317 g/mol. The predicted molar refractivity (Wildman–Crippen MR) is 71.1 cm³/mol. The minimum atomic E-state index is -4.86. The summed E-state index contributed by atoms with van der Waals surface area (Å²) in [4.78, 5) is 0. The van der Waals surface area contributed by atoms with Crippen molar-refractivity contribution in [3.8, 4) is 17.6 Å². The van der Waals surface area contributed by atoms with Crippen molar-refractivity contribution in [1.82, 2.24) is 20.6 Å². The first-order chi connectivity index (χ1) is 10.9. The van der Waals surface area contributed by atoms with Crippen molar-refractivity contribution in [3.05, 3.63) is 30.2 Å². The van der Waals surface area contributed by atoms with Gasteiger partial charge in [-0.15, -0.1) is 23.4 Å². The van der Waals surface area contributed by atoms with E-state index in [1.54, 1.807) is 0 Å². The van der Waals surface area contributed by atoms with Crippen LogP contribution in [0.4, 0.5) is 18.9 Å². The molecule has 0 atom stereocenters. The number of hydrogen-bond acceptors (Lipinski definition) is 7. The number of nitrogens with zero attached hydrogens (tertiary/aromatic N) is 4. The first-order valence-electron chi connectivity index (χ1n) is 5.97. The second-order valence-corrected chi connectivity index (χ2v) is 3.96. The van der Waals surface area contributed by atoms with Crippen LogP contribution in [0.25, 0.3) is 5.57 Å². The average molecular weight is 326 g/mol. The van der Waals surface area contributed by atoms with E-state index in [9.17, 15) is 13.2 Å². The molecule has 2 rings (SSSR count). The van der Waals surface area contributed by atoms with E-state index in [4.69, 9.17) is 10.00 Å². The predicted octanol–water partition coefficient (Wildman–Crippen LogP) is 2.08. The Morgan fingerprint density at radius 3 is 2.74 bits per heavy atom. The third-order valence-corrected chi connectivity index (χ3v) is 2.48. The molecule has 120 valence electrons. The summed E-state index contributed by atoms with van der Waals surface area (Å²) in [5, 5.41) is 24.4. The van der Waals surface area contributed by atoms with E-state index >= 15 is 0 Å². The lowest BCUT2D eigenvalue weighted by atomic mass is 10.2. The lowest BCUT2D eigenvalue weighted by Gasteiger charge is -2.13. The van der Waals surface area contributed by atoms with E-state index in [2.05, 4.69) is 30.7 Å². The number of allylic oxidation sites excluding steroid dienone is 1. The Morgan fingerprint density at radius 1 is 1.39 bits per heavy atom. The number of methoxy groups -OCH3 is 1. The van der Waals surface area contributed by atoms with Crippen LogP contribution in [-0.2, 0) is 0 Å². The van der Waals surface area contributed by atoms with Gasteiger partial charge in [0.15, 0.2) is 11.5 Å². The van der Waals surface area contributed by atoms with E-state index in [-0.39, 0.29) is 22.8 Å².